The largest absolute Gasteiger partial charge is 0.480 e. The zero-order valence-corrected chi connectivity index (χ0v) is 10.5. The Kier molecular flexibility index (Phi) is 4.77. The highest BCUT2D eigenvalue weighted by Gasteiger charge is 2.05. The first-order valence-corrected chi connectivity index (χ1v) is 5.30. The van der Waals surface area contributed by atoms with E-state index < -0.39 is 0 Å². The molecule has 0 aliphatic heterocycles. The smallest absolute Gasteiger partial charge is 0.232 e. The van der Waals surface area contributed by atoms with Crippen molar-refractivity contribution >= 4 is 21.9 Å². The SMILES string of the molecule is COc1nc(NCC(C)OC)ncc1Br. The van der Waals surface area contributed by atoms with Crippen molar-refractivity contribution < 1.29 is 9.47 Å². The molecule has 1 aromatic rings. The standard InChI is InChI=1S/C9H14BrN3O2/c1-6(14-2)4-11-9-12-5-7(10)8(13-9)15-3/h5-6H,4H2,1-3H3,(H,11,12,13). The van der Waals surface area contributed by atoms with Crippen molar-refractivity contribution in [3.63, 3.8) is 0 Å². The van der Waals surface area contributed by atoms with Gasteiger partial charge in [-0.15, -0.1) is 0 Å². The molecule has 0 fully saturated rings. The molecule has 0 aliphatic carbocycles. The van der Waals surface area contributed by atoms with Crippen LogP contribution in [0.15, 0.2) is 10.7 Å². The molecule has 0 aromatic carbocycles. The van der Waals surface area contributed by atoms with E-state index >= 15 is 0 Å². The van der Waals surface area contributed by atoms with Crippen LogP contribution in [0, 0.1) is 0 Å². The zero-order chi connectivity index (χ0) is 11.3. The van der Waals surface area contributed by atoms with Crippen molar-refractivity contribution in [2.45, 2.75) is 13.0 Å². The van der Waals surface area contributed by atoms with Crippen molar-refractivity contribution in [1.82, 2.24) is 9.97 Å². The van der Waals surface area contributed by atoms with E-state index in [9.17, 15) is 0 Å². The monoisotopic (exact) mass is 275 g/mol. The molecule has 5 nitrogen and oxygen atoms in total. The number of anilines is 1. The van der Waals surface area contributed by atoms with Gasteiger partial charge in [-0.1, -0.05) is 0 Å². The fraction of sp³-hybridized carbons (Fsp3) is 0.556. The van der Waals surface area contributed by atoms with E-state index in [4.69, 9.17) is 9.47 Å². The highest BCUT2D eigenvalue weighted by atomic mass is 79.9. The first-order valence-electron chi connectivity index (χ1n) is 4.50. The zero-order valence-electron chi connectivity index (χ0n) is 8.95. The fourth-order valence-corrected chi connectivity index (χ4v) is 1.25. The number of nitrogens with zero attached hydrogens (tertiary/aromatic N) is 2. The summed E-state index contributed by atoms with van der Waals surface area (Å²) < 4.78 is 10.9. The summed E-state index contributed by atoms with van der Waals surface area (Å²) in [4.78, 5) is 8.24. The molecule has 1 aromatic heterocycles. The molecule has 1 atom stereocenters. The van der Waals surface area contributed by atoms with Crippen LogP contribution in [0.1, 0.15) is 6.92 Å². The molecule has 15 heavy (non-hydrogen) atoms. The molecular formula is C9H14BrN3O2. The Morgan fingerprint density at radius 1 is 1.53 bits per heavy atom. The lowest BCUT2D eigenvalue weighted by Crippen LogP contribution is -2.19. The van der Waals surface area contributed by atoms with Crippen LogP contribution in [0.2, 0.25) is 0 Å². The Hall–Kier alpha value is -0.880. The van der Waals surface area contributed by atoms with Gasteiger partial charge in [0.2, 0.25) is 11.8 Å². The summed E-state index contributed by atoms with van der Waals surface area (Å²) in [5.74, 6) is 1.04. The number of halogens is 1. The normalized spacial score (nSPS) is 12.3. The molecule has 0 saturated heterocycles. The molecule has 0 saturated carbocycles. The quantitative estimate of drug-likeness (QED) is 0.887. The summed E-state index contributed by atoms with van der Waals surface area (Å²) in [5, 5.41) is 3.05. The van der Waals surface area contributed by atoms with E-state index in [1.807, 2.05) is 6.92 Å². The molecule has 0 radical (unpaired) electrons. The van der Waals surface area contributed by atoms with Crippen molar-refractivity contribution in [2.24, 2.45) is 0 Å². The van der Waals surface area contributed by atoms with E-state index in [0.29, 0.717) is 18.4 Å². The van der Waals surface area contributed by atoms with Crippen LogP contribution in [0.25, 0.3) is 0 Å². The van der Waals surface area contributed by atoms with Crippen LogP contribution < -0.4 is 10.1 Å². The van der Waals surface area contributed by atoms with Crippen LogP contribution in [-0.2, 0) is 4.74 Å². The van der Waals surface area contributed by atoms with Crippen LogP contribution in [0.5, 0.6) is 5.88 Å². The van der Waals surface area contributed by atoms with E-state index in [1.54, 1.807) is 20.4 Å². The number of hydrogen-bond acceptors (Lipinski definition) is 5. The van der Waals surface area contributed by atoms with Crippen LogP contribution in [-0.4, -0.2) is 36.8 Å². The highest BCUT2D eigenvalue weighted by Crippen LogP contribution is 2.21. The number of ether oxygens (including phenoxy) is 2. The topological polar surface area (TPSA) is 56.3 Å². The van der Waals surface area contributed by atoms with Gasteiger partial charge in [0.05, 0.1) is 23.9 Å². The van der Waals surface area contributed by atoms with Gasteiger partial charge >= 0.3 is 0 Å². The third kappa shape index (κ3) is 3.64. The number of rotatable bonds is 5. The van der Waals surface area contributed by atoms with Gasteiger partial charge in [0, 0.05) is 13.7 Å². The minimum atomic E-state index is 0.114. The third-order valence-electron chi connectivity index (χ3n) is 1.86. The second-order valence-corrected chi connectivity index (χ2v) is 3.83. The summed E-state index contributed by atoms with van der Waals surface area (Å²) in [7, 11) is 3.23. The van der Waals surface area contributed by atoms with E-state index in [0.717, 1.165) is 4.47 Å². The molecule has 1 rings (SSSR count). The minimum Gasteiger partial charge on any atom is -0.480 e. The van der Waals surface area contributed by atoms with E-state index in [-0.39, 0.29) is 6.10 Å². The maximum atomic E-state index is 5.09. The third-order valence-corrected chi connectivity index (χ3v) is 2.40. The molecule has 0 aliphatic rings. The van der Waals surface area contributed by atoms with Gasteiger partial charge in [0.15, 0.2) is 0 Å². The average molecular weight is 276 g/mol. The van der Waals surface area contributed by atoms with E-state index in [2.05, 4.69) is 31.2 Å². The second-order valence-electron chi connectivity index (χ2n) is 2.98. The predicted octanol–water partition coefficient (Wildman–Crippen LogP) is 1.69. The summed E-state index contributed by atoms with van der Waals surface area (Å²) in [5.41, 5.74) is 0. The van der Waals surface area contributed by atoms with Gasteiger partial charge in [-0.05, 0) is 22.9 Å². The van der Waals surface area contributed by atoms with Gasteiger partial charge in [0.1, 0.15) is 0 Å². The van der Waals surface area contributed by atoms with Gasteiger partial charge in [0.25, 0.3) is 0 Å². The van der Waals surface area contributed by atoms with Crippen molar-refractivity contribution in [3.8, 4) is 5.88 Å². The summed E-state index contributed by atoms with van der Waals surface area (Å²) in [6, 6.07) is 0. The molecule has 1 unspecified atom stereocenters. The fourth-order valence-electron chi connectivity index (χ4n) is 0.898. The first kappa shape index (κ1) is 12.2. The Balaban J connectivity index is 2.62. The predicted molar refractivity (Wildman–Crippen MR) is 61.2 cm³/mol. The lowest BCUT2D eigenvalue weighted by molar-refractivity contribution is 0.128. The number of methoxy groups -OCH3 is 2. The summed E-state index contributed by atoms with van der Waals surface area (Å²) in [6.45, 7) is 2.62. The number of nitrogens with one attached hydrogen (secondary N) is 1. The van der Waals surface area contributed by atoms with Gasteiger partial charge in [-0.2, -0.15) is 4.98 Å². The summed E-state index contributed by atoms with van der Waals surface area (Å²) in [6.07, 6.45) is 1.76. The number of aromatic nitrogens is 2. The molecule has 6 heteroatoms. The summed E-state index contributed by atoms with van der Waals surface area (Å²) >= 11 is 3.28. The second kappa shape index (κ2) is 5.87. The van der Waals surface area contributed by atoms with Crippen molar-refractivity contribution in [1.29, 1.82) is 0 Å². The lowest BCUT2D eigenvalue weighted by atomic mass is 10.4. The van der Waals surface area contributed by atoms with Gasteiger partial charge in [-0.25, -0.2) is 4.98 Å². The van der Waals surface area contributed by atoms with Gasteiger partial charge < -0.3 is 14.8 Å². The maximum Gasteiger partial charge on any atom is 0.232 e. The first-order chi connectivity index (χ1) is 7.17. The molecular weight excluding hydrogens is 262 g/mol. The van der Waals surface area contributed by atoms with Crippen LogP contribution in [0.4, 0.5) is 5.95 Å². The molecule has 0 amide bonds. The Morgan fingerprint density at radius 2 is 2.27 bits per heavy atom. The lowest BCUT2D eigenvalue weighted by Gasteiger charge is -2.11. The Bertz CT molecular complexity index is 322. The molecule has 1 N–H and O–H groups in total. The van der Waals surface area contributed by atoms with Crippen molar-refractivity contribution in [3.05, 3.63) is 10.7 Å². The molecule has 0 bridgehead atoms. The molecule has 84 valence electrons. The van der Waals surface area contributed by atoms with Gasteiger partial charge in [-0.3, -0.25) is 0 Å². The average Bonchev–Trinajstić information content (AvgIpc) is 2.27. The highest BCUT2D eigenvalue weighted by molar-refractivity contribution is 9.10. The Labute approximate surface area is 97.3 Å². The minimum absolute atomic E-state index is 0.114. The number of hydrogen-bond donors (Lipinski definition) is 1. The van der Waals surface area contributed by atoms with Crippen molar-refractivity contribution in [2.75, 3.05) is 26.1 Å². The van der Waals surface area contributed by atoms with Crippen LogP contribution >= 0.6 is 15.9 Å². The van der Waals surface area contributed by atoms with E-state index in [1.165, 1.54) is 0 Å². The Morgan fingerprint density at radius 3 is 2.87 bits per heavy atom. The van der Waals surface area contributed by atoms with Crippen LogP contribution in [0.3, 0.4) is 0 Å². The molecule has 0 spiro atoms. The maximum absolute atomic E-state index is 5.09. The molecule has 1 heterocycles.